The summed E-state index contributed by atoms with van der Waals surface area (Å²) in [7, 11) is 0. The van der Waals surface area contributed by atoms with Crippen LogP contribution in [0.3, 0.4) is 0 Å². The molecule has 0 radical (unpaired) electrons. The third-order valence-corrected chi connectivity index (χ3v) is 4.11. The average Bonchev–Trinajstić information content (AvgIpc) is 2.98. The zero-order valence-corrected chi connectivity index (χ0v) is 13.1. The predicted octanol–water partition coefficient (Wildman–Crippen LogP) is 4.68. The lowest BCUT2D eigenvalue weighted by atomic mass is 10.0. The zero-order valence-electron chi connectivity index (χ0n) is 12.3. The van der Waals surface area contributed by atoms with Gasteiger partial charge in [0.2, 0.25) is 0 Å². The Morgan fingerprint density at radius 3 is 2.55 bits per heavy atom. The van der Waals surface area contributed by atoms with Gasteiger partial charge in [0.25, 0.3) is 0 Å². The Morgan fingerprint density at radius 2 is 1.95 bits per heavy atom. The molecule has 0 amide bonds. The van der Waals surface area contributed by atoms with Crippen LogP contribution in [0.1, 0.15) is 37.6 Å². The number of benzene rings is 1. The summed E-state index contributed by atoms with van der Waals surface area (Å²) in [6.45, 7) is 5.40. The molecule has 1 atom stereocenters. The van der Waals surface area contributed by atoms with Crippen LogP contribution in [0.25, 0.3) is 0 Å². The van der Waals surface area contributed by atoms with Crippen molar-refractivity contribution in [2.24, 2.45) is 0 Å². The summed E-state index contributed by atoms with van der Waals surface area (Å²) in [5, 5.41) is 3.61. The van der Waals surface area contributed by atoms with Gasteiger partial charge in [-0.2, -0.15) is 0 Å². The fraction of sp³-hybridized carbons (Fsp3) is 0.412. The van der Waals surface area contributed by atoms with Gasteiger partial charge in [-0.05, 0) is 48.5 Å². The first kappa shape index (κ1) is 15.2. The largest absolute Gasteiger partial charge is 0.469 e. The summed E-state index contributed by atoms with van der Waals surface area (Å²) in [4.78, 5) is 1.34. The SMILES string of the molecule is CCCNC(Cc1ccco1)c1ccc(SCC)cc1. The monoisotopic (exact) mass is 289 g/mol. The van der Waals surface area contributed by atoms with Gasteiger partial charge in [0.05, 0.1) is 6.26 Å². The quantitative estimate of drug-likeness (QED) is 0.715. The molecule has 2 nitrogen and oxygen atoms in total. The first-order valence-corrected chi connectivity index (χ1v) is 8.30. The second-order valence-corrected chi connectivity index (χ2v) is 6.13. The Kier molecular flexibility index (Phi) is 6.22. The fourth-order valence-corrected chi connectivity index (χ4v) is 2.88. The minimum atomic E-state index is 0.321. The van der Waals surface area contributed by atoms with Gasteiger partial charge in [-0.1, -0.05) is 26.0 Å². The van der Waals surface area contributed by atoms with Gasteiger partial charge in [0.1, 0.15) is 5.76 Å². The van der Waals surface area contributed by atoms with Gasteiger partial charge in [-0.15, -0.1) is 11.8 Å². The molecule has 0 saturated carbocycles. The predicted molar refractivity (Wildman–Crippen MR) is 86.3 cm³/mol. The van der Waals surface area contributed by atoms with E-state index in [1.807, 2.05) is 23.9 Å². The van der Waals surface area contributed by atoms with Crippen molar-refractivity contribution in [2.75, 3.05) is 12.3 Å². The summed E-state index contributed by atoms with van der Waals surface area (Å²) in [6.07, 6.45) is 3.78. The van der Waals surface area contributed by atoms with Crippen LogP contribution in [-0.4, -0.2) is 12.3 Å². The Hall–Kier alpha value is -1.19. The van der Waals surface area contributed by atoms with Crippen LogP contribution < -0.4 is 5.32 Å². The van der Waals surface area contributed by atoms with Gasteiger partial charge in [-0.3, -0.25) is 0 Å². The second-order valence-electron chi connectivity index (χ2n) is 4.79. The molecule has 0 aliphatic heterocycles. The number of rotatable bonds is 8. The van der Waals surface area contributed by atoms with Crippen LogP contribution in [0.15, 0.2) is 52.0 Å². The number of thioether (sulfide) groups is 1. The standard InChI is InChI=1S/C17H23NOS/c1-3-11-18-17(13-15-6-5-12-19-15)14-7-9-16(10-8-14)20-4-2/h5-10,12,17-18H,3-4,11,13H2,1-2H3. The molecule has 1 aromatic carbocycles. The van der Waals surface area contributed by atoms with E-state index in [0.717, 1.165) is 30.9 Å². The Morgan fingerprint density at radius 1 is 1.15 bits per heavy atom. The molecule has 0 aliphatic carbocycles. The molecule has 0 fully saturated rings. The van der Waals surface area contributed by atoms with Gasteiger partial charge < -0.3 is 9.73 Å². The molecule has 3 heteroatoms. The highest BCUT2D eigenvalue weighted by Gasteiger charge is 2.13. The third kappa shape index (κ3) is 4.43. The second kappa shape index (κ2) is 8.18. The molecule has 1 aromatic heterocycles. The van der Waals surface area contributed by atoms with E-state index in [1.165, 1.54) is 10.5 Å². The van der Waals surface area contributed by atoms with Crippen molar-refractivity contribution in [3.05, 3.63) is 54.0 Å². The molecular weight excluding hydrogens is 266 g/mol. The number of hydrogen-bond acceptors (Lipinski definition) is 3. The summed E-state index contributed by atoms with van der Waals surface area (Å²) in [5.74, 6) is 2.15. The molecule has 0 aliphatic rings. The third-order valence-electron chi connectivity index (χ3n) is 3.22. The maximum atomic E-state index is 5.48. The van der Waals surface area contributed by atoms with Gasteiger partial charge >= 0.3 is 0 Å². The van der Waals surface area contributed by atoms with Crippen LogP contribution in [0, 0.1) is 0 Å². The summed E-state index contributed by atoms with van der Waals surface area (Å²) in [6, 6.07) is 13.2. The zero-order chi connectivity index (χ0) is 14.2. The Labute approximate surface area is 126 Å². The van der Waals surface area contributed by atoms with Crippen molar-refractivity contribution in [2.45, 2.75) is 37.6 Å². The number of nitrogens with one attached hydrogen (secondary N) is 1. The van der Waals surface area contributed by atoms with Crippen LogP contribution in [0.4, 0.5) is 0 Å². The molecule has 2 aromatic rings. The maximum absolute atomic E-state index is 5.48. The van der Waals surface area contributed by atoms with Gasteiger partial charge in [0.15, 0.2) is 0 Å². The summed E-state index contributed by atoms with van der Waals surface area (Å²) < 4.78 is 5.48. The van der Waals surface area contributed by atoms with Crippen LogP contribution in [0.5, 0.6) is 0 Å². The van der Waals surface area contributed by atoms with E-state index in [9.17, 15) is 0 Å². The van der Waals surface area contributed by atoms with Crippen molar-refractivity contribution < 1.29 is 4.42 Å². The molecular formula is C17H23NOS. The molecule has 0 saturated heterocycles. The molecule has 1 unspecified atom stereocenters. The number of furan rings is 1. The van der Waals surface area contributed by atoms with E-state index in [1.54, 1.807) is 6.26 Å². The van der Waals surface area contributed by atoms with Crippen LogP contribution in [-0.2, 0) is 6.42 Å². The topological polar surface area (TPSA) is 25.2 Å². The van der Waals surface area contributed by atoms with Crippen molar-refractivity contribution in [3.8, 4) is 0 Å². The summed E-state index contributed by atoms with van der Waals surface area (Å²) >= 11 is 1.88. The summed E-state index contributed by atoms with van der Waals surface area (Å²) in [5.41, 5.74) is 1.33. The Bertz CT molecular complexity index is 478. The van der Waals surface area contributed by atoms with Crippen molar-refractivity contribution in [1.29, 1.82) is 0 Å². The normalized spacial score (nSPS) is 12.5. The lowest BCUT2D eigenvalue weighted by Gasteiger charge is -2.18. The molecule has 0 spiro atoms. The van der Waals surface area contributed by atoms with E-state index in [0.29, 0.717) is 6.04 Å². The maximum Gasteiger partial charge on any atom is 0.105 e. The highest BCUT2D eigenvalue weighted by Crippen LogP contribution is 2.23. The van der Waals surface area contributed by atoms with E-state index in [2.05, 4.69) is 43.4 Å². The lowest BCUT2D eigenvalue weighted by molar-refractivity contribution is 0.449. The van der Waals surface area contributed by atoms with Crippen LogP contribution >= 0.6 is 11.8 Å². The van der Waals surface area contributed by atoms with E-state index in [-0.39, 0.29) is 0 Å². The minimum absolute atomic E-state index is 0.321. The van der Waals surface area contributed by atoms with E-state index >= 15 is 0 Å². The van der Waals surface area contributed by atoms with Crippen molar-refractivity contribution in [3.63, 3.8) is 0 Å². The van der Waals surface area contributed by atoms with Gasteiger partial charge in [-0.25, -0.2) is 0 Å². The molecule has 108 valence electrons. The highest BCUT2D eigenvalue weighted by atomic mass is 32.2. The lowest BCUT2D eigenvalue weighted by Crippen LogP contribution is -2.23. The van der Waals surface area contributed by atoms with E-state index in [4.69, 9.17) is 4.42 Å². The fourth-order valence-electron chi connectivity index (χ4n) is 2.22. The molecule has 20 heavy (non-hydrogen) atoms. The molecule has 1 N–H and O–H groups in total. The smallest absolute Gasteiger partial charge is 0.105 e. The highest BCUT2D eigenvalue weighted by molar-refractivity contribution is 7.99. The molecule has 1 heterocycles. The van der Waals surface area contributed by atoms with Crippen molar-refractivity contribution >= 4 is 11.8 Å². The Balaban J connectivity index is 2.08. The van der Waals surface area contributed by atoms with Crippen molar-refractivity contribution in [1.82, 2.24) is 5.32 Å². The first-order valence-electron chi connectivity index (χ1n) is 7.32. The van der Waals surface area contributed by atoms with Crippen LogP contribution in [0.2, 0.25) is 0 Å². The minimum Gasteiger partial charge on any atom is -0.469 e. The average molecular weight is 289 g/mol. The number of hydrogen-bond donors (Lipinski definition) is 1. The molecule has 2 rings (SSSR count). The molecule has 0 bridgehead atoms. The first-order chi connectivity index (χ1) is 9.83. The van der Waals surface area contributed by atoms with Gasteiger partial charge in [0, 0.05) is 17.4 Å². The van der Waals surface area contributed by atoms with E-state index < -0.39 is 0 Å².